The Morgan fingerprint density at radius 2 is 1.90 bits per heavy atom. The zero-order valence-corrected chi connectivity index (χ0v) is 13.3. The second kappa shape index (κ2) is 6.74. The van der Waals surface area contributed by atoms with Crippen LogP contribution in [0.4, 0.5) is 4.79 Å². The fraction of sp³-hybridized carbons (Fsp3) is 0.867. The minimum absolute atomic E-state index is 0.0208. The summed E-state index contributed by atoms with van der Waals surface area (Å²) in [6, 6.07) is 0.0208. The summed E-state index contributed by atoms with van der Waals surface area (Å²) >= 11 is 5.27. The monoisotopic (exact) mass is 297 g/mol. The van der Waals surface area contributed by atoms with Crippen molar-refractivity contribution in [1.82, 2.24) is 10.2 Å². The molecule has 0 aromatic carbocycles. The maximum atomic E-state index is 12.4. The fourth-order valence-electron chi connectivity index (χ4n) is 3.39. The van der Waals surface area contributed by atoms with Crippen molar-refractivity contribution in [2.24, 2.45) is 11.7 Å². The molecular formula is C15H27N3OS. The van der Waals surface area contributed by atoms with Gasteiger partial charge in [-0.3, -0.25) is 0 Å². The van der Waals surface area contributed by atoms with Gasteiger partial charge in [0.15, 0.2) is 0 Å². The SMILES string of the molecule is CCC1CCC(NC(=O)N2CCCCC2)(C(N)=S)CC1. The number of rotatable bonds is 3. The molecule has 0 unspecified atom stereocenters. The minimum Gasteiger partial charge on any atom is -0.391 e. The van der Waals surface area contributed by atoms with E-state index in [0.29, 0.717) is 4.99 Å². The van der Waals surface area contributed by atoms with E-state index in [-0.39, 0.29) is 6.03 Å². The van der Waals surface area contributed by atoms with E-state index in [1.54, 1.807) is 0 Å². The van der Waals surface area contributed by atoms with Gasteiger partial charge >= 0.3 is 6.03 Å². The first kappa shape index (κ1) is 15.5. The van der Waals surface area contributed by atoms with Gasteiger partial charge in [-0.15, -0.1) is 0 Å². The van der Waals surface area contributed by atoms with E-state index in [0.717, 1.165) is 57.5 Å². The lowest BCUT2D eigenvalue weighted by Gasteiger charge is -2.41. The predicted molar refractivity (Wildman–Crippen MR) is 85.7 cm³/mol. The summed E-state index contributed by atoms with van der Waals surface area (Å²) in [5.74, 6) is 0.754. The number of hydrogen-bond acceptors (Lipinski definition) is 2. The molecule has 4 nitrogen and oxygen atoms in total. The average Bonchev–Trinajstić information content (AvgIpc) is 2.48. The highest BCUT2D eigenvalue weighted by Gasteiger charge is 2.39. The van der Waals surface area contributed by atoms with Crippen LogP contribution in [0, 0.1) is 5.92 Å². The van der Waals surface area contributed by atoms with Gasteiger partial charge in [0, 0.05) is 13.1 Å². The fourth-order valence-corrected chi connectivity index (χ4v) is 3.65. The number of urea groups is 1. The lowest BCUT2D eigenvalue weighted by molar-refractivity contribution is 0.167. The van der Waals surface area contributed by atoms with Crippen molar-refractivity contribution in [2.45, 2.75) is 63.8 Å². The molecule has 1 saturated heterocycles. The Hall–Kier alpha value is -0.840. The van der Waals surface area contributed by atoms with Gasteiger partial charge in [0.05, 0.1) is 10.5 Å². The molecule has 114 valence electrons. The summed E-state index contributed by atoms with van der Waals surface area (Å²) in [4.78, 5) is 14.8. The van der Waals surface area contributed by atoms with Crippen molar-refractivity contribution in [1.29, 1.82) is 0 Å². The number of hydrogen-bond donors (Lipinski definition) is 2. The Bertz CT molecular complexity index is 358. The number of nitrogens with two attached hydrogens (primary N) is 1. The van der Waals surface area contributed by atoms with Crippen LogP contribution in [-0.2, 0) is 0 Å². The van der Waals surface area contributed by atoms with E-state index in [1.807, 2.05) is 4.90 Å². The third kappa shape index (κ3) is 3.43. The summed E-state index contributed by atoms with van der Waals surface area (Å²) in [5.41, 5.74) is 5.52. The number of likely N-dealkylation sites (tertiary alicyclic amines) is 1. The highest BCUT2D eigenvalue weighted by molar-refractivity contribution is 7.80. The topological polar surface area (TPSA) is 58.4 Å². The predicted octanol–water partition coefficient (Wildman–Crippen LogP) is 2.81. The van der Waals surface area contributed by atoms with Gasteiger partial charge in [0.1, 0.15) is 0 Å². The zero-order valence-electron chi connectivity index (χ0n) is 12.5. The van der Waals surface area contributed by atoms with Crippen molar-refractivity contribution in [3.05, 3.63) is 0 Å². The van der Waals surface area contributed by atoms with Crippen LogP contribution >= 0.6 is 12.2 Å². The Morgan fingerprint density at radius 1 is 1.30 bits per heavy atom. The molecule has 0 radical (unpaired) electrons. The van der Waals surface area contributed by atoms with E-state index >= 15 is 0 Å². The largest absolute Gasteiger partial charge is 0.391 e. The van der Waals surface area contributed by atoms with Crippen LogP contribution in [0.2, 0.25) is 0 Å². The molecule has 1 aliphatic carbocycles. The molecule has 0 aromatic heterocycles. The number of piperidine rings is 1. The second-order valence-corrected chi connectivity index (χ2v) is 6.72. The van der Waals surface area contributed by atoms with Crippen molar-refractivity contribution in [2.75, 3.05) is 13.1 Å². The van der Waals surface area contributed by atoms with Crippen LogP contribution in [0.15, 0.2) is 0 Å². The molecular weight excluding hydrogens is 270 g/mol. The third-order valence-electron chi connectivity index (χ3n) is 5.00. The molecule has 20 heavy (non-hydrogen) atoms. The number of thiocarbonyl (C=S) groups is 1. The summed E-state index contributed by atoms with van der Waals surface area (Å²) in [5, 5.41) is 3.17. The lowest BCUT2D eigenvalue weighted by atomic mass is 9.75. The maximum Gasteiger partial charge on any atom is 0.318 e. The second-order valence-electron chi connectivity index (χ2n) is 6.28. The van der Waals surface area contributed by atoms with Gasteiger partial charge in [-0.25, -0.2) is 4.79 Å². The molecule has 5 heteroatoms. The maximum absolute atomic E-state index is 12.4. The Labute approximate surface area is 127 Å². The van der Waals surface area contributed by atoms with Gasteiger partial charge in [-0.1, -0.05) is 25.6 Å². The molecule has 0 atom stereocenters. The van der Waals surface area contributed by atoms with Gasteiger partial charge in [-0.05, 0) is 50.9 Å². The van der Waals surface area contributed by atoms with E-state index in [9.17, 15) is 4.79 Å². The normalized spacial score (nSPS) is 30.9. The molecule has 1 aliphatic heterocycles. The highest BCUT2D eigenvalue weighted by atomic mass is 32.1. The molecule has 1 saturated carbocycles. The van der Waals surface area contributed by atoms with Crippen LogP contribution in [0.1, 0.15) is 58.3 Å². The van der Waals surface area contributed by atoms with Crippen molar-refractivity contribution in [3.8, 4) is 0 Å². The summed E-state index contributed by atoms with van der Waals surface area (Å²) in [6.07, 6.45) is 8.62. The molecule has 0 bridgehead atoms. The Kier molecular flexibility index (Phi) is 5.24. The molecule has 2 aliphatic rings. The number of nitrogens with one attached hydrogen (secondary N) is 1. The summed E-state index contributed by atoms with van der Waals surface area (Å²) in [7, 11) is 0. The van der Waals surface area contributed by atoms with Crippen LogP contribution in [0.25, 0.3) is 0 Å². The van der Waals surface area contributed by atoms with Crippen molar-refractivity contribution < 1.29 is 4.79 Å². The van der Waals surface area contributed by atoms with Crippen LogP contribution in [-0.4, -0.2) is 34.5 Å². The first-order valence-corrected chi connectivity index (χ1v) is 8.35. The lowest BCUT2D eigenvalue weighted by Crippen LogP contribution is -2.61. The zero-order chi connectivity index (χ0) is 14.6. The van der Waals surface area contributed by atoms with Crippen LogP contribution in [0.3, 0.4) is 0 Å². The molecule has 0 spiro atoms. The number of carbonyl (C=O) groups excluding carboxylic acids is 1. The molecule has 2 rings (SSSR count). The summed E-state index contributed by atoms with van der Waals surface area (Å²) < 4.78 is 0. The molecule has 3 N–H and O–H groups in total. The van der Waals surface area contributed by atoms with Gasteiger partial charge in [0.2, 0.25) is 0 Å². The number of nitrogens with zero attached hydrogens (tertiary/aromatic N) is 1. The Morgan fingerprint density at radius 3 is 2.40 bits per heavy atom. The smallest absolute Gasteiger partial charge is 0.318 e. The highest BCUT2D eigenvalue weighted by Crippen LogP contribution is 2.34. The van der Waals surface area contributed by atoms with E-state index < -0.39 is 5.54 Å². The molecule has 0 aromatic rings. The van der Waals surface area contributed by atoms with Gasteiger partial charge in [-0.2, -0.15) is 0 Å². The van der Waals surface area contributed by atoms with E-state index in [4.69, 9.17) is 18.0 Å². The molecule has 1 heterocycles. The standard InChI is InChI=1S/C15H27N3OS/c1-2-12-6-8-15(9-7-12,13(16)20)17-14(19)18-10-4-3-5-11-18/h12H,2-11H2,1H3,(H2,16,20)(H,17,19). The first-order chi connectivity index (χ1) is 9.57. The van der Waals surface area contributed by atoms with E-state index in [2.05, 4.69) is 12.2 Å². The summed E-state index contributed by atoms with van der Waals surface area (Å²) in [6.45, 7) is 3.94. The third-order valence-corrected chi connectivity index (χ3v) is 5.39. The number of carbonyl (C=O) groups is 1. The minimum atomic E-state index is -0.449. The molecule has 2 amide bonds. The number of amides is 2. The Balaban J connectivity index is 1.98. The van der Waals surface area contributed by atoms with E-state index in [1.165, 1.54) is 12.8 Å². The van der Waals surface area contributed by atoms with Crippen LogP contribution in [0.5, 0.6) is 0 Å². The van der Waals surface area contributed by atoms with Crippen molar-refractivity contribution in [3.63, 3.8) is 0 Å². The quantitative estimate of drug-likeness (QED) is 0.788. The molecule has 2 fully saturated rings. The van der Waals surface area contributed by atoms with Gasteiger partial charge in [0.25, 0.3) is 0 Å². The van der Waals surface area contributed by atoms with Crippen molar-refractivity contribution >= 4 is 23.2 Å². The van der Waals surface area contributed by atoms with Gasteiger partial charge < -0.3 is 16.0 Å². The van der Waals surface area contributed by atoms with Crippen LogP contribution < -0.4 is 11.1 Å². The average molecular weight is 297 g/mol. The first-order valence-electron chi connectivity index (χ1n) is 7.94.